The van der Waals surface area contributed by atoms with E-state index in [2.05, 4.69) is 4.98 Å². The van der Waals surface area contributed by atoms with Gasteiger partial charge in [0.2, 0.25) is 0 Å². The van der Waals surface area contributed by atoms with E-state index in [0.29, 0.717) is 11.3 Å². The second-order valence-corrected chi connectivity index (χ2v) is 3.03. The summed E-state index contributed by atoms with van der Waals surface area (Å²) in [7, 11) is 1.53. The van der Waals surface area contributed by atoms with Crippen LogP contribution in [0.3, 0.4) is 0 Å². The lowest BCUT2D eigenvalue weighted by molar-refractivity contribution is 0.0691. The molecule has 0 saturated heterocycles. The van der Waals surface area contributed by atoms with Crippen molar-refractivity contribution in [2.45, 2.75) is 0 Å². The number of aromatic carboxylic acids is 1. The molecule has 76 valence electrons. The number of hydrogen-bond acceptors (Lipinski definition) is 3. The number of methoxy groups -OCH3 is 1. The van der Waals surface area contributed by atoms with Crippen LogP contribution >= 0.6 is 0 Å². The van der Waals surface area contributed by atoms with Crippen molar-refractivity contribution in [2.75, 3.05) is 7.11 Å². The van der Waals surface area contributed by atoms with E-state index in [9.17, 15) is 4.79 Å². The first-order valence-electron chi connectivity index (χ1n) is 4.39. The number of carboxylic acids is 1. The molecule has 0 amide bonds. The number of rotatable bonds is 2. The molecule has 4 nitrogen and oxygen atoms in total. The Hall–Kier alpha value is -2.10. The topological polar surface area (TPSA) is 59.4 Å². The summed E-state index contributed by atoms with van der Waals surface area (Å²) in [5.41, 5.74) is 0.590. The second-order valence-electron chi connectivity index (χ2n) is 3.03. The van der Waals surface area contributed by atoms with Crippen LogP contribution < -0.4 is 4.74 Å². The van der Waals surface area contributed by atoms with Crippen molar-refractivity contribution in [3.8, 4) is 5.75 Å². The fourth-order valence-corrected chi connectivity index (χ4v) is 1.40. The zero-order chi connectivity index (χ0) is 10.8. The molecular formula is C11H9NO3. The molecule has 0 aliphatic heterocycles. The van der Waals surface area contributed by atoms with Crippen molar-refractivity contribution < 1.29 is 14.6 Å². The maximum atomic E-state index is 10.7. The van der Waals surface area contributed by atoms with Crippen molar-refractivity contribution in [2.24, 2.45) is 0 Å². The smallest absolute Gasteiger partial charge is 0.354 e. The van der Waals surface area contributed by atoms with Crippen LogP contribution in [0.2, 0.25) is 0 Å². The van der Waals surface area contributed by atoms with Crippen LogP contribution in [-0.4, -0.2) is 23.2 Å². The molecule has 4 heteroatoms. The lowest BCUT2D eigenvalue weighted by Gasteiger charge is -2.04. The van der Waals surface area contributed by atoms with E-state index in [0.717, 1.165) is 5.39 Å². The summed E-state index contributed by atoms with van der Waals surface area (Å²) in [5, 5.41) is 9.67. The first-order valence-corrected chi connectivity index (χ1v) is 4.39. The molecule has 0 bridgehead atoms. The van der Waals surface area contributed by atoms with Crippen molar-refractivity contribution >= 4 is 16.9 Å². The number of para-hydroxylation sites is 1. The van der Waals surface area contributed by atoms with Gasteiger partial charge in [-0.2, -0.15) is 0 Å². The summed E-state index contributed by atoms with van der Waals surface area (Å²) in [6.45, 7) is 0. The number of ether oxygens (including phenoxy) is 1. The maximum absolute atomic E-state index is 10.7. The van der Waals surface area contributed by atoms with E-state index in [1.165, 1.54) is 13.2 Å². The lowest BCUT2D eigenvalue weighted by Crippen LogP contribution is -2.00. The first-order chi connectivity index (χ1) is 7.22. The summed E-state index contributed by atoms with van der Waals surface area (Å²) in [5.74, 6) is -0.460. The number of hydrogen-bond donors (Lipinski definition) is 1. The largest absolute Gasteiger partial charge is 0.494 e. The minimum atomic E-state index is -1.04. The van der Waals surface area contributed by atoms with Gasteiger partial charge in [-0.15, -0.1) is 0 Å². The zero-order valence-electron chi connectivity index (χ0n) is 8.10. The van der Waals surface area contributed by atoms with E-state index in [1.54, 1.807) is 12.1 Å². The molecule has 0 saturated carbocycles. The number of pyridine rings is 1. The van der Waals surface area contributed by atoms with Crippen molar-refractivity contribution in [1.82, 2.24) is 4.98 Å². The van der Waals surface area contributed by atoms with Crippen LogP contribution in [0.5, 0.6) is 5.75 Å². The molecule has 2 aromatic rings. The van der Waals surface area contributed by atoms with E-state index >= 15 is 0 Å². The molecule has 0 fully saturated rings. The third-order valence-electron chi connectivity index (χ3n) is 2.12. The standard InChI is InChI=1S/C11H9NO3/c1-15-9-4-2-3-7-5-6-8(11(13)14)12-10(7)9/h2-6H,1H3,(H,13,14). The van der Waals surface area contributed by atoms with Crippen LogP contribution in [0, 0.1) is 0 Å². The van der Waals surface area contributed by atoms with E-state index < -0.39 is 5.97 Å². The molecule has 1 N–H and O–H groups in total. The Morgan fingerprint density at radius 1 is 1.33 bits per heavy atom. The molecular weight excluding hydrogens is 194 g/mol. The monoisotopic (exact) mass is 203 g/mol. The Morgan fingerprint density at radius 2 is 2.13 bits per heavy atom. The van der Waals surface area contributed by atoms with Crippen LogP contribution in [-0.2, 0) is 0 Å². The number of aromatic nitrogens is 1. The highest BCUT2D eigenvalue weighted by Crippen LogP contribution is 2.23. The maximum Gasteiger partial charge on any atom is 0.354 e. The summed E-state index contributed by atoms with van der Waals surface area (Å²) < 4.78 is 5.11. The van der Waals surface area contributed by atoms with Crippen LogP contribution in [0.1, 0.15) is 10.5 Å². The van der Waals surface area contributed by atoms with Gasteiger partial charge in [0, 0.05) is 5.39 Å². The molecule has 1 heterocycles. The molecule has 0 spiro atoms. The van der Waals surface area contributed by atoms with Gasteiger partial charge >= 0.3 is 5.97 Å². The third kappa shape index (κ3) is 1.61. The average Bonchev–Trinajstić information content (AvgIpc) is 2.27. The van der Waals surface area contributed by atoms with Gasteiger partial charge in [-0.05, 0) is 12.1 Å². The molecule has 0 atom stereocenters. The van der Waals surface area contributed by atoms with E-state index in [4.69, 9.17) is 9.84 Å². The normalized spacial score (nSPS) is 10.2. The van der Waals surface area contributed by atoms with E-state index in [1.807, 2.05) is 12.1 Å². The van der Waals surface area contributed by atoms with Gasteiger partial charge in [-0.1, -0.05) is 18.2 Å². The SMILES string of the molecule is COc1cccc2ccc(C(=O)O)nc12. The molecule has 0 aliphatic carbocycles. The van der Waals surface area contributed by atoms with Gasteiger partial charge in [-0.25, -0.2) is 9.78 Å². The second kappa shape index (κ2) is 3.57. The van der Waals surface area contributed by atoms with Gasteiger partial charge in [-0.3, -0.25) is 0 Å². The molecule has 1 aromatic heterocycles. The molecule has 2 rings (SSSR count). The highest BCUT2D eigenvalue weighted by Gasteiger charge is 2.08. The van der Waals surface area contributed by atoms with Crippen molar-refractivity contribution in [3.05, 3.63) is 36.0 Å². The third-order valence-corrected chi connectivity index (χ3v) is 2.12. The van der Waals surface area contributed by atoms with Crippen LogP contribution in [0.15, 0.2) is 30.3 Å². The quantitative estimate of drug-likeness (QED) is 0.810. The van der Waals surface area contributed by atoms with Gasteiger partial charge in [0.15, 0.2) is 0 Å². The van der Waals surface area contributed by atoms with Gasteiger partial charge < -0.3 is 9.84 Å². The van der Waals surface area contributed by atoms with Crippen LogP contribution in [0.25, 0.3) is 10.9 Å². The number of fused-ring (bicyclic) bond motifs is 1. The number of carbonyl (C=O) groups is 1. The number of benzene rings is 1. The summed E-state index contributed by atoms with van der Waals surface area (Å²) >= 11 is 0. The van der Waals surface area contributed by atoms with Crippen molar-refractivity contribution in [1.29, 1.82) is 0 Å². The first kappa shape index (κ1) is 9.45. The zero-order valence-corrected chi connectivity index (χ0v) is 8.10. The van der Waals surface area contributed by atoms with Gasteiger partial charge in [0.1, 0.15) is 17.0 Å². The average molecular weight is 203 g/mol. The molecule has 1 aromatic carbocycles. The molecule has 15 heavy (non-hydrogen) atoms. The number of nitrogens with zero attached hydrogens (tertiary/aromatic N) is 1. The minimum absolute atomic E-state index is 0.0204. The number of carboxylic acid groups (broad SMARTS) is 1. The van der Waals surface area contributed by atoms with E-state index in [-0.39, 0.29) is 5.69 Å². The van der Waals surface area contributed by atoms with Gasteiger partial charge in [0.25, 0.3) is 0 Å². The highest BCUT2D eigenvalue weighted by atomic mass is 16.5. The molecule has 0 aliphatic rings. The Kier molecular flexibility index (Phi) is 2.25. The highest BCUT2D eigenvalue weighted by molar-refractivity contribution is 5.91. The van der Waals surface area contributed by atoms with Crippen LogP contribution in [0.4, 0.5) is 0 Å². The molecule has 0 radical (unpaired) electrons. The summed E-state index contributed by atoms with van der Waals surface area (Å²) in [6, 6.07) is 8.64. The minimum Gasteiger partial charge on any atom is -0.494 e. The Labute approximate surface area is 86.1 Å². The van der Waals surface area contributed by atoms with Crippen molar-refractivity contribution in [3.63, 3.8) is 0 Å². The Morgan fingerprint density at radius 3 is 2.80 bits per heavy atom. The fraction of sp³-hybridized carbons (Fsp3) is 0.0909. The van der Waals surface area contributed by atoms with Gasteiger partial charge in [0.05, 0.1) is 7.11 Å². The summed E-state index contributed by atoms with van der Waals surface area (Å²) in [4.78, 5) is 14.8. The lowest BCUT2D eigenvalue weighted by atomic mass is 10.2. The Balaban J connectivity index is 2.72. The fourth-order valence-electron chi connectivity index (χ4n) is 1.40. The predicted octanol–water partition coefficient (Wildman–Crippen LogP) is 1.94. The Bertz CT molecular complexity index is 522. The predicted molar refractivity (Wildman–Crippen MR) is 55.3 cm³/mol. The molecule has 0 unspecified atom stereocenters. The summed E-state index contributed by atoms with van der Waals surface area (Å²) in [6.07, 6.45) is 0.